The van der Waals surface area contributed by atoms with Gasteiger partial charge in [-0.1, -0.05) is 29.3 Å². The van der Waals surface area contributed by atoms with Crippen LogP contribution in [0, 0.1) is 0 Å². The zero-order valence-corrected chi connectivity index (χ0v) is 7.35. The van der Waals surface area contributed by atoms with Crippen molar-refractivity contribution in [2.45, 2.75) is 37.3 Å². The van der Waals surface area contributed by atoms with Gasteiger partial charge in [0.1, 0.15) is 4.51 Å². The zero-order valence-electron chi connectivity index (χ0n) is 5.76. The molecule has 0 aromatic heterocycles. The number of alkyl halides is 1. The van der Waals surface area contributed by atoms with E-state index in [4.69, 9.17) is 5.11 Å². The van der Waals surface area contributed by atoms with Gasteiger partial charge in [0.15, 0.2) is 0 Å². The number of hydrogen-bond donors (Lipinski definition) is 2. The molecule has 0 heterocycles. The largest absolute Gasteiger partial charge is 0.389 e. The molecule has 3 heteroatoms. The van der Waals surface area contributed by atoms with Gasteiger partial charge in [0, 0.05) is 0 Å². The second-order valence-corrected chi connectivity index (χ2v) is 3.62. The molecule has 0 rings (SSSR count). The van der Waals surface area contributed by atoms with Crippen LogP contribution in [0.25, 0.3) is 0 Å². The predicted molar refractivity (Wildman–Crippen MR) is 40.5 cm³/mol. The Kier molecular flexibility index (Phi) is 3.70. The van der Waals surface area contributed by atoms with Crippen LogP contribution in [-0.4, -0.2) is 20.8 Å². The molecule has 0 amide bonds. The maximum Gasteiger partial charge on any atom is 0.144 e. The van der Waals surface area contributed by atoms with E-state index in [0.29, 0.717) is 6.42 Å². The van der Waals surface area contributed by atoms with E-state index in [1.165, 1.54) is 0 Å². The van der Waals surface area contributed by atoms with Gasteiger partial charge in [-0.05, 0) is 13.3 Å². The van der Waals surface area contributed by atoms with Crippen LogP contribution in [0.2, 0.25) is 0 Å². The number of halogens is 1. The summed E-state index contributed by atoms with van der Waals surface area (Å²) in [6, 6.07) is 0. The summed E-state index contributed by atoms with van der Waals surface area (Å²) in [5.41, 5.74) is 0. The lowest BCUT2D eigenvalue weighted by molar-refractivity contribution is 0.00416. The molecule has 0 aliphatic heterocycles. The molecule has 2 N–H and O–H groups in total. The molecule has 0 bridgehead atoms. The lowest BCUT2D eigenvalue weighted by Gasteiger charge is -2.23. The third-order valence-electron chi connectivity index (χ3n) is 1.24. The predicted octanol–water partition coefficient (Wildman–Crippen LogP) is 1.25. The topological polar surface area (TPSA) is 40.5 Å². The first-order chi connectivity index (χ1) is 4.00. The molecular weight excluding hydrogens is 184 g/mol. The van der Waals surface area contributed by atoms with E-state index in [1.54, 1.807) is 6.92 Å². The monoisotopic (exact) mass is 196 g/mol. The highest BCUT2D eigenvalue weighted by Gasteiger charge is 2.27. The SMILES string of the molecule is CCCC(O)(Br)C(C)O. The minimum atomic E-state index is -1.08. The summed E-state index contributed by atoms with van der Waals surface area (Å²) in [5, 5.41) is 18.2. The second-order valence-electron chi connectivity index (χ2n) is 2.24. The number of hydrogen-bond acceptors (Lipinski definition) is 2. The first kappa shape index (κ1) is 9.40. The summed E-state index contributed by atoms with van der Waals surface area (Å²) in [4.78, 5) is 0. The van der Waals surface area contributed by atoms with Crippen molar-refractivity contribution in [2.24, 2.45) is 0 Å². The summed E-state index contributed by atoms with van der Waals surface area (Å²) in [6.07, 6.45) is 0.717. The van der Waals surface area contributed by atoms with E-state index in [-0.39, 0.29) is 0 Å². The van der Waals surface area contributed by atoms with Gasteiger partial charge in [-0.3, -0.25) is 0 Å². The molecule has 0 aliphatic rings. The summed E-state index contributed by atoms with van der Waals surface area (Å²) < 4.78 is -1.08. The Hall–Kier alpha value is 0.400. The van der Waals surface area contributed by atoms with Crippen molar-refractivity contribution in [2.75, 3.05) is 0 Å². The fraction of sp³-hybridized carbons (Fsp3) is 1.00. The van der Waals surface area contributed by atoms with Crippen LogP contribution in [0.4, 0.5) is 0 Å². The highest BCUT2D eigenvalue weighted by Crippen LogP contribution is 2.24. The lowest BCUT2D eigenvalue weighted by atomic mass is 10.1. The van der Waals surface area contributed by atoms with Gasteiger partial charge in [-0.15, -0.1) is 0 Å². The Morgan fingerprint density at radius 3 is 2.22 bits per heavy atom. The Bertz CT molecular complexity index is 81.1. The molecule has 2 atom stereocenters. The first-order valence-electron chi connectivity index (χ1n) is 3.10. The van der Waals surface area contributed by atoms with Crippen molar-refractivity contribution in [3.05, 3.63) is 0 Å². The lowest BCUT2D eigenvalue weighted by Crippen LogP contribution is -2.33. The fourth-order valence-electron chi connectivity index (χ4n) is 0.560. The molecule has 0 saturated carbocycles. The molecule has 2 unspecified atom stereocenters. The molecule has 0 radical (unpaired) electrons. The Balaban J connectivity index is 3.70. The Morgan fingerprint density at radius 2 is 2.11 bits per heavy atom. The standard InChI is InChI=1S/C6H13BrO2/c1-3-4-6(7,9)5(2)8/h5,8-9H,3-4H2,1-2H3. The van der Waals surface area contributed by atoms with E-state index in [0.717, 1.165) is 6.42 Å². The van der Waals surface area contributed by atoms with Crippen molar-refractivity contribution in [1.29, 1.82) is 0 Å². The molecule has 0 aromatic rings. The van der Waals surface area contributed by atoms with Crippen LogP contribution in [-0.2, 0) is 0 Å². The van der Waals surface area contributed by atoms with Crippen LogP contribution in [0.1, 0.15) is 26.7 Å². The number of rotatable bonds is 3. The van der Waals surface area contributed by atoms with Crippen molar-refractivity contribution in [1.82, 2.24) is 0 Å². The smallest absolute Gasteiger partial charge is 0.144 e. The second kappa shape index (κ2) is 3.54. The van der Waals surface area contributed by atoms with Crippen molar-refractivity contribution in [3.63, 3.8) is 0 Å². The Morgan fingerprint density at radius 1 is 1.67 bits per heavy atom. The van der Waals surface area contributed by atoms with E-state index in [9.17, 15) is 5.11 Å². The molecule has 56 valence electrons. The van der Waals surface area contributed by atoms with Gasteiger partial charge in [-0.25, -0.2) is 0 Å². The normalized spacial score (nSPS) is 21.0. The highest BCUT2D eigenvalue weighted by atomic mass is 79.9. The average molecular weight is 197 g/mol. The van der Waals surface area contributed by atoms with E-state index in [1.807, 2.05) is 6.92 Å². The molecule has 0 aliphatic carbocycles. The van der Waals surface area contributed by atoms with E-state index < -0.39 is 10.6 Å². The van der Waals surface area contributed by atoms with Gasteiger partial charge in [0.25, 0.3) is 0 Å². The molecular formula is C6H13BrO2. The number of aliphatic hydroxyl groups excluding tert-OH is 1. The maximum atomic E-state index is 9.26. The maximum absolute atomic E-state index is 9.26. The summed E-state index contributed by atoms with van der Waals surface area (Å²) in [5.74, 6) is 0. The molecule has 0 saturated heterocycles. The van der Waals surface area contributed by atoms with Crippen molar-refractivity contribution < 1.29 is 10.2 Å². The van der Waals surface area contributed by atoms with Crippen molar-refractivity contribution >= 4 is 15.9 Å². The zero-order chi connectivity index (χ0) is 7.49. The van der Waals surface area contributed by atoms with Crippen LogP contribution < -0.4 is 0 Å². The van der Waals surface area contributed by atoms with Crippen molar-refractivity contribution in [3.8, 4) is 0 Å². The van der Waals surface area contributed by atoms with Gasteiger partial charge in [0.2, 0.25) is 0 Å². The quantitative estimate of drug-likeness (QED) is 0.668. The highest BCUT2D eigenvalue weighted by molar-refractivity contribution is 9.10. The molecule has 0 aromatic carbocycles. The fourth-order valence-corrected chi connectivity index (χ4v) is 0.956. The Labute approximate surface area is 64.0 Å². The van der Waals surface area contributed by atoms with E-state index >= 15 is 0 Å². The third-order valence-corrected chi connectivity index (χ3v) is 2.30. The van der Waals surface area contributed by atoms with E-state index in [2.05, 4.69) is 15.9 Å². The molecule has 0 spiro atoms. The van der Waals surface area contributed by atoms with Gasteiger partial charge < -0.3 is 10.2 Å². The summed E-state index contributed by atoms with van der Waals surface area (Å²) in [6.45, 7) is 3.51. The molecule has 9 heavy (non-hydrogen) atoms. The van der Waals surface area contributed by atoms with Gasteiger partial charge >= 0.3 is 0 Å². The van der Waals surface area contributed by atoms with Crippen LogP contribution in [0.15, 0.2) is 0 Å². The average Bonchev–Trinajstić information content (AvgIpc) is 1.65. The van der Waals surface area contributed by atoms with Crippen LogP contribution in [0.3, 0.4) is 0 Å². The number of aliphatic hydroxyl groups is 2. The summed E-state index contributed by atoms with van der Waals surface area (Å²) >= 11 is 3.01. The minimum Gasteiger partial charge on any atom is -0.389 e. The summed E-state index contributed by atoms with van der Waals surface area (Å²) in [7, 11) is 0. The van der Waals surface area contributed by atoms with Crippen LogP contribution in [0.5, 0.6) is 0 Å². The minimum absolute atomic E-state index is 0.574. The first-order valence-corrected chi connectivity index (χ1v) is 3.89. The van der Waals surface area contributed by atoms with Gasteiger partial charge in [0.05, 0.1) is 6.10 Å². The van der Waals surface area contributed by atoms with Gasteiger partial charge in [-0.2, -0.15) is 0 Å². The third kappa shape index (κ3) is 3.18. The molecule has 2 nitrogen and oxygen atoms in total. The molecule has 0 fully saturated rings. The van der Waals surface area contributed by atoms with Crippen LogP contribution >= 0.6 is 15.9 Å².